The monoisotopic (exact) mass is 236 g/mol. The molecular formula is C14H20O3. The smallest absolute Gasteiger partial charge is 0.303 e. The number of esters is 1. The molecule has 0 aromatic heterocycles. The molecule has 0 saturated carbocycles. The third-order valence-electron chi connectivity index (χ3n) is 2.89. The van der Waals surface area contributed by atoms with Gasteiger partial charge in [-0.15, -0.1) is 0 Å². The van der Waals surface area contributed by atoms with Crippen LogP contribution in [0, 0.1) is 13.8 Å². The second-order valence-electron chi connectivity index (χ2n) is 4.49. The van der Waals surface area contributed by atoms with Crippen molar-refractivity contribution in [2.45, 2.75) is 46.8 Å². The van der Waals surface area contributed by atoms with E-state index in [1.54, 1.807) is 6.92 Å². The van der Waals surface area contributed by atoms with Gasteiger partial charge in [-0.25, -0.2) is 0 Å². The molecule has 0 radical (unpaired) electrons. The van der Waals surface area contributed by atoms with Gasteiger partial charge in [0.2, 0.25) is 0 Å². The van der Waals surface area contributed by atoms with Crippen LogP contribution in [0.4, 0.5) is 0 Å². The summed E-state index contributed by atoms with van der Waals surface area (Å²) in [5.74, 6) is -0.295. The molecule has 0 heterocycles. The quantitative estimate of drug-likeness (QED) is 0.821. The van der Waals surface area contributed by atoms with Crippen LogP contribution in [0.2, 0.25) is 0 Å². The first-order valence-electron chi connectivity index (χ1n) is 5.79. The highest BCUT2D eigenvalue weighted by Crippen LogP contribution is 2.27. The number of rotatable bonds is 3. The molecule has 1 aromatic carbocycles. The third kappa shape index (κ3) is 3.30. The molecule has 2 atom stereocenters. The van der Waals surface area contributed by atoms with Gasteiger partial charge < -0.3 is 9.84 Å². The number of carbonyl (C=O) groups excluding carboxylic acids is 1. The Hall–Kier alpha value is -1.35. The van der Waals surface area contributed by atoms with Crippen molar-refractivity contribution in [3.05, 3.63) is 34.4 Å². The average Bonchev–Trinajstić information content (AvgIpc) is 2.15. The maximum Gasteiger partial charge on any atom is 0.303 e. The number of aliphatic hydroxyl groups excluding tert-OH is 1. The van der Waals surface area contributed by atoms with E-state index in [-0.39, 0.29) is 12.1 Å². The Kier molecular flexibility index (Phi) is 4.29. The van der Waals surface area contributed by atoms with E-state index in [1.807, 2.05) is 32.9 Å². The van der Waals surface area contributed by atoms with Gasteiger partial charge in [-0.2, -0.15) is 0 Å². The molecule has 0 aliphatic heterocycles. The van der Waals surface area contributed by atoms with E-state index in [1.165, 1.54) is 6.92 Å². The zero-order valence-electron chi connectivity index (χ0n) is 11.1. The molecule has 0 aliphatic carbocycles. The molecule has 0 bridgehead atoms. The van der Waals surface area contributed by atoms with Gasteiger partial charge in [0.25, 0.3) is 0 Å². The van der Waals surface area contributed by atoms with Gasteiger partial charge in [-0.3, -0.25) is 4.79 Å². The van der Waals surface area contributed by atoms with Gasteiger partial charge in [0.1, 0.15) is 6.10 Å². The van der Waals surface area contributed by atoms with Gasteiger partial charge in [-0.1, -0.05) is 6.07 Å². The SMILES string of the molecule is CC(=O)O[C@H](C)c1cc([C@@H](C)O)c(C)cc1C. The molecule has 0 spiro atoms. The summed E-state index contributed by atoms with van der Waals surface area (Å²) in [6.07, 6.45) is -0.801. The number of benzene rings is 1. The fraction of sp³-hybridized carbons (Fsp3) is 0.500. The Balaban J connectivity index is 3.15. The highest BCUT2D eigenvalue weighted by Gasteiger charge is 2.15. The van der Waals surface area contributed by atoms with Crippen LogP contribution in [0.25, 0.3) is 0 Å². The fourth-order valence-electron chi connectivity index (χ4n) is 2.09. The Morgan fingerprint density at radius 2 is 1.71 bits per heavy atom. The molecule has 94 valence electrons. The van der Waals surface area contributed by atoms with Gasteiger partial charge in [-0.05, 0) is 56.0 Å². The molecule has 1 aromatic rings. The van der Waals surface area contributed by atoms with E-state index in [0.717, 1.165) is 22.3 Å². The van der Waals surface area contributed by atoms with Crippen molar-refractivity contribution < 1.29 is 14.6 Å². The van der Waals surface area contributed by atoms with Crippen LogP contribution in [0.15, 0.2) is 12.1 Å². The summed E-state index contributed by atoms with van der Waals surface area (Å²) in [5.41, 5.74) is 3.95. The van der Waals surface area contributed by atoms with E-state index in [4.69, 9.17) is 4.74 Å². The number of carbonyl (C=O) groups is 1. The maximum absolute atomic E-state index is 11.0. The standard InChI is InChI=1S/C14H20O3/c1-8-6-9(2)14(7-13(8)10(3)15)11(4)17-12(5)16/h6-7,10-11,15H,1-5H3/t10-,11-/m1/s1. The number of aliphatic hydroxyl groups is 1. The normalized spacial score (nSPS) is 14.2. The predicted octanol–water partition coefficient (Wildman–Crippen LogP) is 2.98. The second kappa shape index (κ2) is 5.32. The number of hydrogen-bond acceptors (Lipinski definition) is 3. The largest absolute Gasteiger partial charge is 0.458 e. The molecule has 0 amide bonds. The molecule has 0 fully saturated rings. The number of aryl methyl sites for hydroxylation is 2. The van der Waals surface area contributed by atoms with E-state index < -0.39 is 6.10 Å². The summed E-state index contributed by atoms with van der Waals surface area (Å²) in [7, 11) is 0. The molecule has 0 unspecified atom stereocenters. The predicted molar refractivity (Wildman–Crippen MR) is 66.7 cm³/mol. The van der Waals surface area contributed by atoms with Crippen molar-refractivity contribution in [1.29, 1.82) is 0 Å². The van der Waals surface area contributed by atoms with E-state index in [9.17, 15) is 9.90 Å². The topological polar surface area (TPSA) is 46.5 Å². The highest BCUT2D eigenvalue weighted by atomic mass is 16.5. The summed E-state index contributed by atoms with van der Waals surface area (Å²) in [4.78, 5) is 11.0. The first-order valence-corrected chi connectivity index (χ1v) is 5.79. The van der Waals surface area contributed by atoms with Crippen molar-refractivity contribution in [2.24, 2.45) is 0 Å². The second-order valence-corrected chi connectivity index (χ2v) is 4.49. The zero-order chi connectivity index (χ0) is 13.2. The first-order chi connectivity index (χ1) is 7.82. The summed E-state index contributed by atoms with van der Waals surface area (Å²) in [6, 6.07) is 3.93. The zero-order valence-corrected chi connectivity index (χ0v) is 11.1. The van der Waals surface area contributed by atoms with Crippen LogP contribution in [0.3, 0.4) is 0 Å². The molecule has 0 saturated heterocycles. The summed E-state index contributed by atoms with van der Waals surface area (Å²) in [5, 5.41) is 9.68. The van der Waals surface area contributed by atoms with E-state index in [2.05, 4.69) is 0 Å². The molecule has 3 heteroatoms. The Morgan fingerprint density at radius 3 is 2.18 bits per heavy atom. The van der Waals surface area contributed by atoms with Crippen molar-refractivity contribution in [1.82, 2.24) is 0 Å². The third-order valence-corrected chi connectivity index (χ3v) is 2.89. The van der Waals surface area contributed by atoms with E-state index >= 15 is 0 Å². The van der Waals surface area contributed by atoms with Gasteiger partial charge in [0.05, 0.1) is 6.10 Å². The van der Waals surface area contributed by atoms with Crippen molar-refractivity contribution in [3.8, 4) is 0 Å². The molecule has 17 heavy (non-hydrogen) atoms. The lowest BCUT2D eigenvalue weighted by atomic mass is 9.95. The van der Waals surface area contributed by atoms with Crippen molar-refractivity contribution in [2.75, 3.05) is 0 Å². The number of hydrogen-bond donors (Lipinski definition) is 1. The van der Waals surface area contributed by atoms with Crippen LogP contribution >= 0.6 is 0 Å². The van der Waals surface area contributed by atoms with Gasteiger partial charge in [0, 0.05) is 6.92 Å². The minimum Gasteiger partial charge on any atom is -0.458 e. The summed E-state index contributed by atoms with van der Waals surface area (Å²) in [6.45, 7) is 8.92. The van der Waals surface area contributed by atoms with E-state index in [0.29, 0.717) is 0 Å². The lowest BCUT2D eigenvalue weighted by Crippen LogP contribution is -2.08. The van der Waals surface area contributed by atoms with Gasteiger partial charge >= 0.3 is 5.97 Å². The first kappa shape index (κ1) is 13.7. The van der Waals surface area contributed by atoms with Crippen LogP contribution in [0.1, 0.15) is 55.2 Å². The molecule has 1 rings (SSSR count). The highest BCUT2D eigenvalue weighted by molar-refractivity contribution is 5.66. The Morgan fingerprint density at radius 1 is 1.18 bits per heavy atom. The van der Waals surface area contributed by atoms with Crippen LogP contribution in [0.5, 0.6) is 0 Å². The lowest BCUT2D eigenvalue weighted by molar-refractivity contribution is -0.145. The molecule has 0 aliphatic rings. The minimum absolute atomic E-state index is 0.286. The van der Waals surface area contributed by atoms with Crippen LogP contribution < -0.4 is 0 Å². The lowest BCUT2D eigenvalue weighted by Gasteiger charge is -2.18. The Bertz CT molecular complexity index is 422. The number of ether oxygens (including phenoxy) is 1. The van der Waals surface area contributed by atoms with Gasteiger partial charge in [0.15, 0.2) is 0 Å². The Labute approximate surface area is 102 Å². The molecule has 3 nitrogen and oxygen atoms in total. The summed E-state index contributed by atoms with van der Waals surface area (Å²) >= 11 is 0. The maximum atomic E-state index is 11.0. The van der Waals surface area contributed by atoms with Crippen molar-refractivity contribution >= 4 is 5.97 Å². The van der Waals surface area contributed by atoms with Crippen LogP contribution in [-0.2, 0) is 9.53 Å². The molecule has 1 N–H and O–H groups in total. The molecular weight excluding hydrogens is 216 g/mol. The minimum atomic E-state index is -0.515. The fourth-order valence-corrected chi connectivity index (χ4v) is 2.09. The van der Waals surface area contributed by atoms with Crippen molar-refractivity contribution in [3.63, 3.8) is 0 Å². The van der Waals surface area contributed by atoms with Crippen LogP contribution in [-0.4, -0.2) is 11.1 Å². The average molecular weight is 236 g/mol. The summed E-state index contributed by atoms with van der Waals surface area (Å²) < 4.78 is 5.17.